The van der Waals surface area contributed by atoms with Crippen molar-refractivity contribution in [1.29, 1.82) is 0 Å². The van der Waals surface area contributed by atoms with E-state index in [2.05, 4.69) is 37.6 Å². The normalized spacial score (nSPS) is 21.9. The molecule has 1 aliphatic rings. The first-order valence-electron chi connectivity index (χ1n) is 5.63. The van der Waals surface area contributed by atoms with Crippen molar-refractivity contribution < 1.29 is 0 Å². The highest BCUT2D eigenvalue weighted by Crippen LogP contribution is 2.14. The van der Waals surface area contributed by atoms with Crippen molar-refractivity contribution in [2.75, 3.05) is 0 Å². The van der Waals surface area contributed by atoms with E-state index in [1.807, 2.05) is 0 Å². The maximum Gasteiger partial charge on any atom is 0.0428 e. The second-order valence-electron chi connectivity index (χ2n) is 4.26. The summed E-state index contributed by atoms with van der Waals surface area (Å²) in [6, 6.07) is 0. The zero-order valence-corrected chi connectivity index (χ0v) is 9.42. The maximum absolute atomic E-state index is 4.57. The van der Waals surface area contributed by atoms with Gasteiger partial charge in [-0.1, -0.05) is 32.9 Å². The smallest absolute Gasteiger partial charge is 0.0428 e. The van der Waals surface area contributed by atoms with Crippen molar-refractivity contribution in [2.45, 2.75) is 46.0 Å². The number of nitrogens with zero attached hydrogens (tertiary/aromatic N) is 1. The number of rotatable bonds is 1. The van der Waals surface area contributed by atoms with Gasteiger partial charge in [0.2, 0.25) is 0 Å². The number of allylic oxidation sites excluding steroid dienone is 3. The van der Waals surface area contributed by atoms with Crippen molar-refractivity contribution >= 4 is 5.71 Å². The first kappa shape index (κ1) is 11.2. The lowest BCUT2D eigenvalue weighted by Crippen LogP contribution is -2.04. The fourth-order valence-corrected chi connectivity index (χ4v) is 1.57. The number of hydrogen-bond donors (Lipinski definition) is 0. The van der Waals surface area contributed by atoms with Gasteiger partial charge in [0, 0.05) is 11.4 Å². The molecule has 0 aromatic rings. The maximum atomic E-state index is 4.57. The SMILES string of the molecule is C=C1CCCCC/C=C\C(C(C)C)=N1. The van der Waals surface area contributed by atoms with Gasteiger partial charge in [-0.05, 0) is 37.7 Å². The minimum atomic E-state index is 0.502. The largest absolute Gasteiger partial charge is 0.258 e. The van der Waals surface area contributed by atoms with Crippen LogP contribution in [0.5, 0.6) is 0 Å². The average Bonchev–Trinajstić information content (AvgIpc) is 2.15. The lowest BCUT2D eigenvalue weighted by molar-refractivity contribution is 0.679. The van der Waals surface area contributed by atoms with E-state index in [1.165, 1.54) is 31.4 Å². The van der Waals surface area contributed by atoms with E-state index in [4.69, 9.17) is 0 Å². The summed E-state index contributed by atoms with van der Waals surface area (Å²) >= 11 is 0. The summed E-state index contributed by atoms with van der Waals surface area (Å²) in [6.07, 6.45) is 10.5. The molecule has 0 atom stereocenters. The van der Waals surface area contributed by atoms with E-state index in [0.29, 0.717) is 5.92 Å². The Kier molecular flexibility index (Phi) is 4.64. The lowest BCUT2D eigenvalue weighted by atomic mass is 10.0. The van der Waals surface area contributed by atoms with E-state index in [-0.39, 0.29) is 0 Å². The Hall–Kier alpha value is -0.850. The molecule has 0 saturated carbocycles. The van der Waals surface area contributed by atoms with Gasteiger partial charge in [-0.2, -0.15) is 0 Å². The predicted octanol–water partition coefficient (Wildman–Crippen LogP) is 4.12. The van der Waals surface area contributed by atoms with E-state index >= 15 is 0 Å². The zero-order chi connectivity index (χ0) is 10.4. The topological polar surface area (TPSA) is 12.4 Å². The van der Waals surface area contributed by atoms with Crippen molar-refractivity contribution in [2.24, 2.45) is 10.9 Å². The summed E-state index contributed by atoms with van der Waals surface area (Å²) < 4.78 is 0. The molecule has 0 aromatic heterocycles. The molecule has 0 fully saturated rings. The predicted molar refractivity (Wildman–Crippen MR) is 63.6 cm³/mol. The Morgan fingerprint density at radius 2 is 2.07 bits per heavy atom. The number of aliphatic imine (C=N–C) groups is 1. The van der Waals surface area contributed by atoms with Gasteiger partial charge in [0.25, 0.3) is 0 Å². The highest BCUT2D eigenvalue weighted by Gasteiger charge is 2.03. The van der Waals surface area contributed by atoms with E-state index in [1.54, 1.807) is 0 Å². The Bertz CT molecular complexity index is 246. The highest BCUT2D eigenvalue weighted by atomic mass is 14.8. The van der Waals surface area contributed by atoms with Crippen LogP contribution in [0.15, 0.2) is 29.4 Å². The van der Waals surface area contributed by atoms with Gasteiger partial charge in [-0.25, -0.2) is 0 Å². The van der Waals surface area contributed by atoms with Crippen LogP contribution in [0.4, 0.5) is 0 Å². The third kappa shape index (κ3) is 3.91. The van der Waals surface area contributed by atoms with E-state index in [0.717, 1.165) is 12.1 Å². The molecular weight excluding hydrogens is 170 g/mol. The van der Waals surface area contributed by atoms with Crippen molar-refractivity contribution in [3.63, 3.8) is 0 Å². The van der Waals surface area contributed by atoms with Crippen LogP contribution in [-0.4, -0.2) is 5.71 Å². The molecule has 0 amide bonds. The van der Waals surface area contributed by atoms with Crippen LogP contribution in [0.25, 0.3) is 0 Å². The third-order valence-electron chi connectivity index (χ3n) is 2.50. The second-order valence-corrected chi connectivity index (χ2v) is 4.26. The molecular formula is C13H21N. The van der Waals surface area contributed by atoms with Crippen LogP contribution in [0.3, 0.4) is 0 Å². The molecule has 0 N–H and O–H groups in total. The Labute approximate surface area is 87.6 Å². The zero-order valence-electron chi connectivity index (χ0n) is 9.42. The van der Waals surface area contributed by atoms with Gasteiger partial charge in [-0.3, -0.25) is 4.99 Å². The monoisotopic (exact) mass is 191 g/mol. The standard InChI is InChI=1S/C13H21N/c1-11(2)13-10-8-6-4-5-7-9-12(3)14-13/h8,10-11H,3-7,9H2,1-2H3/b10-8-,14-13?. The molecule has 0 aliphatic carbocycles. The van der Waals surface area contributed by atoms with Gasteiger partial charge in [0.15, 0.2) is 0 Å². The summed E-state index contributed by atoms with van der Waals surface area (Å²) in [4.78, 5) is 4.57. The minimum absolute atomic E-state index is 0.502. The molecule has 0 aromatic carbocycles. The van der Waals surface area contributed by atoms with Gasteiger partial charge < -0.3 is 0 Å². The Morgan fingerprint density at radius 3 is 2.79 bits per heavy atom. The van der Waals surface area contributed by atoms with Gasteiger partial charge in [0.1, 0.15) is 0 Å². The lowest BCUT2D eigenvalue weighted by Gasteiger charge is -2.09. The molecule has 1 rings (SSSR count). The first-order valence-corrected chi connectivity index (χ1v) is 5.63. The van der Waals surface area contributed by atoms with Gasteiger partial charge >= 0.3 is 0 Å². The molecule has 14 heavy (non-hydrogen) atoms. The van der Waals surface area contributed by atoms with Crippen molar-refractivity contribution in [1.82, 2.24) is 0 Å². The molecule has 1 aliphatic heterocycles. The number of hydrogen-bond acceptors (Lipinski definition) is 1. The third-order valence-corrected chi connectivity index (χ3v) is 2.50. The molecule has 1 heterocycles. The van der Waals surface area contributed by atoms with Crippen LogP contribution >= 0.6 is 0 Å². The molecule has 0 spiro atoms. The van der Waals surface area contributed by atoms with E-state index < -0.39 is 0 Å². The first-order chi connectivity index (χ1) is 6.70. The molecule has 0 saturated heterocycles. The summed E-state index contributed by atoms with van der Waals surface area (Å²) in [5.41, 5.74) is 2.22. The van der Waals surface area contributed by atoms with Crippen LogP contribution < -0.4 is 0 Å². The summed E-state index contributed by atoms with van der Waals surface area (Å²) in [5, 5.41) is 0. The average molecular weight is 191 g/mol. The fraction of sp³-hybridized carbons (Fsp3) is 0.615. The van der Waals surface area contributed by atoms with Crippen molar-refractivity contribution in [3.05, 3.63) is 24.4 Å². The molecule has 0 unspecified atom stereocenters. The molecule has 1 heteroatoms. The molecule has 0 bridgehead atoms. The van der Waals surface area contributed by atoms with Crippen LogP contribution in [0, 0.1) is 5.92 Å². The van der Waals surface area contributed by atoms with E-state index in [9.17, 15) is 0 Å². The molecule has 78 valence electrons. The Balaban J connectivity index is 2.74. The Morgan fingerprint density at radius 1 is 1.29 bits per heavy atom. The summed E-state index contributed by atoms with van der Waals surface area (Å²) in [7, 11) is 0. The van der Waals surface area contributed by atoms with Crippen molar-refractivity contribution in [3.8, 4) is 0 Å². The highest BCUT2D eigenvalue weighted by molar-refractivity contribution is 5.97. The van der Waals surface area contributed by atoms with Crippen LogP contribution in [0.2, 0.25) is 0 Å². The fourth-order valence-electron chi connectivity index (χ4n) is 1.57. The minimum Gasteiger partial charge on any atom is -0.258 e. The molecule has 0 radical (unpaired) electrons. The van der Waals surface area contributed by atoms with Crippen LogP contribution in [-0.2, 0) is 0 Å². The van der Waals surface area contributed by atoms with Crippen LogP contribution in [0.1, 0.15) is 46.0 Å². The van der Waals surface area contributed by atoms with Gasteiger partial charge in [-0.15, -0.1) is 0 Å². The quantitative estimate of drug-likeness (QED) is 0.591. The summed E-state index contributed by atoms with van der Waals surface area (Å²) in [5.74, 6) is 0.502. The summed E-state index contributed by atoms with van der Waals surface area (Å²) in [6.45, 7) is 8.36. The second kappa shape index (κ2) is 5.79. The van der Waals surface area contributed by atoms with Gasteiger partial charge in [0.05, 0.1) is 0 Å². The molecule has 1 nitrogen and oxygen atoms in total.